The molecule has 0 saturated carbocycles. The average Bonchev–Trinajstić information content (AvgIpc) is 3.60. The summed E-state index contributed by atoms with van der Waals surface area (Å²) in [7, 11) is 1.57. The molecule has 1 atom stereocenters. The van der Waals surface area contributed by atoms with Gasteiger partial charge in [0.05, 0.1) is 28.4 Å². The maximum absolute atomic E-state index is 12.4. The first-order valence-electron chi connectivity index (χ1n) is 15.9. The highest BCUT2D eigenvalue weighted by molar-refractivity contribution is 8.00. The van der Waals surface area contributed by atoms with E-state index in [0.29, 0.717) is 18.8 Å². The number of carboxylic acids is 1. The molecule has 3 aromatic carbocycles. The van der Waals surface area contributed by atoms with E-state index >= 15 is 0 Å². The minimum absolute atomic E-state index is 0.118. The number of methoxy groups -OCH3 is 1. The fraction of sp³-hybridized carbons (Fsp3) is 0.316. The third kappa shape index (κ3) is 7.19. The summed E-state index contributed by atoms with van der Waals surface area (Å²) >= 11 is 3.41. The number of fused-ring (bicyclic) bond motifs is 2. The van der Waals surface area contributed by atoms with E-state index in [4.69, 9.17) is 14.5 Å². The number of benzene rings is 3. The van der Waals surface area contributed by atoms with Crippen molar-refractivity contribution in [2.75, 3.05) is 7.11 Å². The van der Waals surface area contributed by atoms with Crippen LogP contribution in [0, 0.1) is 5.41 Å². The van der Waals surface area contributed by atoms with Crippen molar-refractivity contribution < 1.29 is 19.4 Å². The monoisotopic (exact) mass is 680 g/mol. The van der Waals surface area contributed by atoms with Gasteiger partial charge in [-0.15, -0.1) is 33.3 Å². The average molecular weight is 681 g/mol. The standard InChI is InChI=1S/C38H40N4O4S2/c1-23(35-39-29-10-8-9-11-32(29)47-35)46-26-16-18-30-27(20-26)34(48-37(2,3)4)31(21-38(5,6)36(43)44)42(30)22-24-12-14-25(15-13-24)28-17-19-33(45-7)41-40-28/h8-20,23H,21-22H2,1-7H3,(H,43,44). The summed E-state index contributed by atoms with van der Waals surface area (Å²) < 4.78 is 15.0. The molecule has 0 spiro atoms. The van der Waals surface area contributed by atoms with Crippen LogP contribution >= 0.6 is 23.1 Å². The fourth-order valence-electron chi connectivity index (χ4n) is 5.56. The van der Waals surface area contributed by atoms with Gasteiger partial charge in [-0.1, -0.05) is 57.2 Å². The number of rotatable bonds is 11. The van der Waals surface area contributed by atoms with E-state index in [1.165, 1.54) is 0 Å². The van der Waals surface area contributed by atoms with Crippen LogP contribution in [0.4, 0.5) is 0 Å². The number of ether oxygens (including phenoxy) is 2. The lowest BCUT2D eigenvalue weighted by Gasteiger charge is -2.24. The van der Waals surface area contributed by atoms with Crippen LogP contribution in [0.1, 0.15) is 63.9 Å². The molecule has 0 bridgehead atoms. The summed E-state index contributed by atoms with van der Waals surface area (Å²) in [5.74, 6) is 0.385. The molecule has 0 radical (unpaired) electrons. The molecule has 1 N–H and O–H groups in total. The van der Waals surface area contributed by atoms with Crippen molar-refractivity contribution in [3.63, 3.8) is 0 Å². The van der Waals surface area contributed by atoms with E-state index in [2.05, 4.69) is 65.9 Å². The number of thioether (sulfide) groups is 1. The zero-order valence-corrected chi connectivity index (χ0v) is 29.9. The van der Waals surface area contributed by atoms with Gasteiger partial charge < -0.3 is 19.1 Å². The van der Waals surface area contributed by atoms with Crippen LogP contribution < -0.4 is 9.47 Å². The second kappa shape index (κ2) is 13.2. The topological polar surface area (TPSA) is 99.4 Å². The molecule has 0 aliphatic rings. The Bertz CT molecular complexity index is 2040. The number of carboxylic acid groups (broad SMARTS) is 1. The summed E-state index contributed by atoms with van der Waals surface area (Å²) in [5, 5.41) is 20.6. The maximum atomic E-state index is 12.4. The number of hydrogen-bond acceptors (Lipinski definition) is 8. The van der Waals surface area contributed by atoms with Gasteiger partial charge >= 0.3 is 5.97 Å². The zero-order valence-electron chi connectivity index (χ0n) is 28.3. The molecule has 3 aromatic heterocycles. The second-order valence-corrected chi connectivity index (χ2v) is 16.5. The molecule has 6 rings (SSSR count). The van der Waals surface area contributed by atoms with Gasteiger partial charge in [-0.25, -0.2) is 4.98 Å². The van der Waals surface area contributed by atoms with Crippen LogP contribution in [-0.2, 0) is 17.8 Å². The van der Waals surface area contributed by atoms with Gasteiger partial charge in [0.1, 0.15) is 16.9 Å². The molecule has 48 heavy (non-hydrogen) atoms. The normalized spacial score (nSPS) is 12.8. The summed E-state index contributed by atoms with van der Waals surface area (Å²) in [6, 6.07) is 26.3. The van der Waals surface area contributed by atoms with Crippen LogP contribution in [0.15, 0.2) is 83.8 Å². The first-order chi connectivity index (χ1) is 22.8. The molecule has 6 aromatic rings. The Morgan fingerprint density at radius 1 is 0.979 bits per heavy atom. The highest BCUT2D eigenvalue weighted by Gasteiger charge is 2.33. The van der Waals surface area contributed by atoms with Crippen molar-refractivity contribution in [3.8, 4) is 22.9 Å². The van der Waals surface area contributed by atoms with Gasteiger partial charge in [0, 0.05) is 50.8 Å². The highest BCUT2D eigenvalue weighted by Crippen LogP contribution is 2.44. The van der Waals surface area contributed by atoms with Crippen molar-refractivity contribution >= 4 is 50.2 Å². The number of hydrogen-bond donors (Lipinski definition) is 1. The van der Waals surface area contributed by atoms with Crippen LogP contribution in [0.2, 0.25) is 0 Å². The van der Waals surface area contributed by atoms with E-state index in [0.717, 1.165) is 59.3 Å². The van der Waals surface area contributed by atoms with Crippen LogP contribution in [0.5, 0.6) is 11.6 Å². The predicted molar refractivity (Wildman–Crippen MR) is 194 cm³/mol. The third-order valence-electron chi connectivity index (χ3n) is 8.10. The minimum Gasteiger partial charge on any atom is -0.484 e. The molecule has 0 saturated heterocycles. The van der Waals surface area contributed by atoms with Gasteiger partial charge in [-0.2, -0.15) is 0 Å². The summed E-state index contributed by atoms with van der Waals surface area (Å²) in [5.41, 5.74) is 4.82. The van der Waals surface area contributed by atoms with Crippen molar-refractivity contribution in [3.05, 3.63) is 95.1 Å². The first-order valence-corrected chi connectivity index (χ1v) is 17.5. The molecule has 3 heterocycles. The van der Waals surface area contributed by atoms with Gasteiger partial charge in [0.2, 0.25) is 5.88 Å². The molecule has 10 heteroatoms. The minimum atomic E-state index is -0.975. The van der Waals surface area contributed by atoms with Crippen molar-refractivity contribution in [1.29, 1.82) is 0 Å². The molecular weight excluding hydrogens is 641 g/mol. The molecule has 1 unspecified atom stereocenters. The lowest BCUT2D eigenvalue weighted by molar-refractivity contribution is -0.146. The lowest BCUT2D eigenvalue weighted by atomic mass is 9.88. The molecule has 0 amide bonds. The Balaban J connectivity index is 1.41. The van der Waals surface area contributed by atoms with Gasteiger partial charge in [0.25, 0.3) is 0 Å². The number of thiazole rings is 1. The van der Waals surface area contributed by atoms with Crippen molar-refractivity contribution in [2.45, 2.75) is 70.3 Å². The summed E-state index contributed by atoms with van der Waals surface area (Å²) in [6.45, 7) is 12.7. The Labute approximate surface area is 289 Å². The molecule has 0 fully saturated rings. The summed E-state index contributed by atoms with van der Waals surface area (Å²) in [6.07, 6.45) is 0.132. The molecule has 0 aliphatic carbocycles. The van der Waals surface area contributed by atoms with Gasteiger partial charge in [-0.3, -0.25) is 4.79 Å². The van der Waals surface area contributed by atoms with Crippen LogP contribution in [0.25, 0.3) is 32.4 Å². The molecule has 8 nitrogen and oxygen atoms in total. The second-order valence-electron chi connectivity index (χ2n) is 13.6. The van der Waals surface area contributed by atoms with E-state index in [1.54, 1.807) is 50.1 Å². The van der Waals surface area contributed by atoms with E-state index in [1.807, 2.05) is 49.4 Å². The van der Waals surface area contributed by atoms with Crippen molar-refractivity contribution in [2.24, 2.45) is 5.41 Å². The van der Waals surface area contributed by atoms with E-state index < -0.39 is 11.4 Å². The van der Waals surface area contributed by atoms with Gasteiger partial charge in [0.15, 0.2) is 0 Å². The molecular formula is C38H40N4O4S2. The predicted octanol–water partition coefficient (Wildman–Crippen LogP) is 9.45. The maximum Gasteiger partial charge on any atom is 0.309 e. The molecule has 248 valence electrons. The lowest BCUT2D eigenvalue weighted by Crippen LogP contribution is -2.28. The molecule has 0 aliphatic heterocycles. The highest BCUT2D eigenvalue weighted by atomic mass is 32.2. The number of carbonyl (C=O) groups is 1. The Kier molecular flexibility index (Phi) is 9.24. The number of para-hydroxylation sites is 1. The van der Waals surface area contributed by atoms with Crippen molar-refractivity contribution in [1.82, 2.24) is 19.7 Å². The smallest absolute Gasteiger partial charge is 0.309 e. The van der Waals surface area contributed by atoms with E-state index in [9.17, 15) is 9.90 Å². The quantitative estimate of drug-likeness (QED) is 0.135. The Morgan fingerprint density at radius 2 is 1.73 bits per heavy atom. The Hall–Kier alpha value is -4.41. The summed E-state index contributed by atoms with van der Waals surface area (Å²) in [4.78, 5) is 18.3. The van der Waals surface area contributed by atoms with Crippen LogP contribution in [0.3, 0.4) is 0 Å². The zero-order chi connectivity index (χ0) is 34.2. The number of nitrogens with zero attached hydrogens (tertiary/aromatic N) is 4. The SMILES string of the molecule is COc1ccc(-c2ccc(Cn3c(CC(C)(C)C(=O)O)c(SC(C)(C)C)c4cc(OC(C)c5nc6ccccc6s5)ccc43)cc2)nn1. The largest absolute Gasteiger partial charge is 0.484 e. The fourth-order valence-corrected chi connectivity index (χ4v) is 7.70. The van der Waals surface area contributed by atoms with Crippen LogP contribution in [-0.4, -0.2) is 42.7 Å². The Morgan fingerprint density at radius 3 is 2.38 bits per heavy atom. The van der Waals surface area contributed by atoms with E-state index in [-0.39, 0.29) is 10.9 Å². The first kappa shape index (κ1) is 33.5. The number of aliphatic carboxylic acids is 1. The van der Waals surface area contributed by atoms with Gasteiger partial charge in [-0.05, 0) is 62.7 Å². The number of aromatic nitrogens is 4. The third-order valence-corrected chi connectivity index (χ3v) is 10.6.